The maximum absolute atomic E-state index is 3.97. The monoisotopic (exact) mass is 198 g/mol. The molecule has 2 radical (unpaired) electrons. The van der Waals surface area contributed by atoms with Gasteiger partial charge in [0.2, 0.25) is 0 Å². The quantitative estimate of drug-likeness (QED) is 0.421. The van der Waals surface area contributed by atoms with Gasteiger partial charge in [0.15, 0.2) is 0 Å². The van der Waals surface area contributed by atoms with E-state index in [2.05, 4.69) is 12.6 Å². The summed E-state index contributed by atoms with van der Waals surface area (Å²) in [6.45, 7) is 4.06. The van der Waals surface area contributed by atoms with E-state index in [1.807, 2.05) is 13.8 Å². The number of hydrogen-bond acceptors (Lipinski definition) is 1. The summed E-state index contributed by atoms with van der Waals surface area (Å²) in [6.07, 6.45) is 0. The fourth-order valence-electron chi connectivity index (χ4n) is 0. The van der Waals surface area contributed by atoms with Crippen LogP contribution in [-0.4, -0.2) is 29.2 Å². The third-order valence-corrected chi connectivity index (χ3v) is 0. The van der Waals surface area contributed by atoms with E-state index in [4.69, 9.17) is 0 Å². The standard InChI is InChI=1S/C3H8S.Sn.2H/c1-3(2)4;;;/h3-4H,1-2H3;;;. The van der Waals surface area contributed by atoms with Crippen molar-refractivity contribution in [2.24, 2.45) is 0 Å². The molecule has 0 aliphatic heterocycles. The van der Waals surface area contributed by atoms with Gasteiger partial charge in [0, 0.05) is 0 Å². The van der Waals surface area contributed by atoms with E-state index in [0.717, 1.165) is 0 Å². The molecule has 0 aromatic rings. The van der Waals surface area contributed by atoms with Crippen LogP contribution in [0.25, 0.3) is 0 Å². The van der Waals surface area contributed by atoms with Crippen LogP contribution in [-0.2, 0) is 0 Å². The molecule has 0 nitrogen and oxygen atoms in total. The number of rotatable bonds is 0. The molecule has 0 aliphatic rings. The Morgan fingerprint density at radius 1 is 1.40 bits per heavy atom. The summed E-state index contributed by atoms with van der Waals surface area (Å²) in [4.78, 5) is 0. The Kier molecular flexibility index (Phi) is 9.75. The Morgan fingerprint density at radius 2 is 1.40 bits per heavy atom. The Bertz CT molecular complexity index is 11.6. The van der Waals surface area contributed by atoms with Crippen LogP contribution in [0.4, 0.5) is 0 Å². The van der Waals surface area contributed by atoms with Gasteiger partial charge < -0.3 is 0 Å². The van der Waals surface area contributed by atoms with Crippen LogP contribution >= 0.6 is 12.6 Å². The second-order valence-electron chi connectivity index (χ2n) is 1.09. The SMILES string of the molecule is CC(C)S.[SnH2]. The molecule has 0 N–H and O–H groups in total. The van der Waals surface area contributed by atoms with Gasteiger partial charge >= 0.3 is 23.9 Å². The van der Waals surface area contributed by atoms with Gasteiger partial charge in [-0.25, -0.2) is 0 Å². The van der Waals surface area contributed by atoms with E-state index in [-0.39, 0.29) is 23.9 Å². The predicted octanol–water partition coefficient (Wildman–Crippen LogP) is 0.408. The van der Waals surface area contributed by atoms with Crippen molar-refractivity contribution in [3.63, 3.8) is 0 Å². The normalized spacial score (nSPS) is 7.20. The van der Waals surface area contributed by atoms with Crippen molar-refractivity contribution < 1.29 is 0 Å². The van der Waals surface area contributed by atoms with Crippen LogP contribution in [0.1, 0.15) is 13.8 Å². The average molecular weight is 197 g/mol. The summed E-state index contributed by atoms with van der Waals surface area (Å²) in [7, 11) is 0. The first-order valence-corrected chi connectivity index (χ1v) is 1.93. The summed E-state index contributed by atoms with van der Waals surface area (Å²) < 4.78 is 0. The molecule has 0 aliphatic carbocycles. The molecule has 0 heterocycles. The van der Waals surface area contributed by atoms with E-state index in [0.29, 0.717) is 5.25 Å². The molecule has 0 rings (SSSR count). The van der Waals surface area contributed by atoms with Crippen LogP contribution in [0, 0.1) is 0 Å². The van der Waals surface area contributed by atoms with Crippen molar-refractivity contribution in [2.75, 3.05) is 0 Å². The van der Waals surface area contributed by atoms with Crippen molar-refractivity contribution in [3.05, 3.63) is 0 Å². The van der Waals surface area contributed by atoms with E-state index >= 15 is 0 Å². The first kappa shape index (κ1) is 9.47. The van der Waals surface area contributed by atoms with E-state index in [9.17, 15) is 0 Å². The van der Waals surface area contributed by atoms with E-state index in [1.165, 1.54) is 0 Å². The van der Waals surface area contributed by atoms with Crippen LogP contribution in [0.5, 0.6) is 0 Å². The van der Waals surface area contributed by atoms with E-state index in [1.54, 1.807) is 0 Å². The summed E-state index contributed by atoms with van der Waals surface area (Å²) in [5.74, 6) is 0. The number of thiol groups is 1. The fraction of sp³-hybridized carbons (Fsp3) is 1.00. The molecule has 2 heteroatoms. The molecule has 0 spiro atoms. The molecule has 0 saturated carbocycles. The average Bonchev–Trinajstić information content (AvgIpc) is 0.811. The molecular formula is C3H10SSn. The zero-order valence-electron chi connectivity index (χ0n) is 3.73. The summed E-state index contributed by atoms with van der Waals surface area (Å²) in [6, 6.07) is 0. The van der Waals surface area contributed by atoms with Crippen molar-refractivity contribution in [1.82, 2.24) is 0 Å². The summed E-state index contributed by atoms with van der Waals surface area (Å²) in [5.41, 5.74) is 0. The van der Waals surface area contributed by atoms with Crippen molar-refractivity contribution >= 4 is 36.5 Å². The Hall–Kier alpha value is 1.15. The molecular weight excluding hydrogens is 187 g/mol. The van der Waals surface area contributed by atoms with Gasteiger partial charge in [-0.05, 0) is 5.25 Å². The molecule has 0 unspecified atom stereocenters. The molecule has 0 bridgehead atoms. The topological polar surface area (TPSA) is 0 Å². The van der Waals surface area contributed by atoms with Gasteiger partial charge in [0.25, 0.3) is 0 Å². The first-order valence-electron chi connectivity index (χ1n) is 1.41. The van der Waals surface area contributed by atoms with Crippen molar-refractivity contribution in [1.29, 1.82) is 0 Å². The van der Waals surface area contributed by atoms with Crippen LogP contribution < -0.4 is 0 Å². The van der Waals surface area contributed by atoms with Crippen molar-refractivity contribution in [2.45, 2.75) is 19.1 Å². The predicted molar refractivity (Wildman–Crippen MR) is 32.7 cm³/mol. The van der Waals surface area contributed by atoms with Gasteiger partial charge in [-0.3, -0.25) is 0 Å². The Labute approximate surface area is 55.7 Å². The van der Waals surface area contributed by atoms with Crippen LogP contribution in [0.2, 0.25) is 0 Å². The van der Waals surface area contributed by atoms with Crippen LogP contribution in [0.15, 0.2) is 0 Å². The second kappa shape index (κ2) is 5.15. The van der Waals surface area contributed by atoms with E-state index < -0.39 is 0 Å². The third-order valence-electron chi connectivity index (χ3n) is 0. The molecule has 0 aromatic heterocycles. The Balaban J connectivity index is 0. The molecule has 32 valence electrons. The van der Waals surface area contributed by atoms with Gasteiger partial charge in [-0.15, -0.1) is 0 Å². The molecule has 0 fully saturated rings. The van der Waals surface area contributed by atoms with Gasteiger partial charge in [-0.1, -0.05) is 13.8 Å². The van der Waals surface area contributed by atoms with Gasteiger partial charge in [0.1, 0.15) is 0 Å². The minimum atomic E-state index is 0. The van der Waals surface area contributed by atoms with Gasteiger partial charge in [0.05, 0.1) is 0 Å². The zero-order chi connectivity index (χ0) is 3.58. The fourth-order valence-corrected chi connectivity index (χ4v) is 0. The zero-order valence-corrected chi connectivity index (χ0v) is 8.66. The third kappa shape index (κ3) is 38.7. The first-order chi connectivity index (χ1) is 1.73. The molecule has 0 saturated heterocycles. The van der Waals surface area contributed by atoms with Gasteiger partial charge in [-0.2, -0.15) is 12.6 Å². The summed E-state index contributed by atoms with van der Waals surface area (Å²) in [5, 5.41) is 0.528. The molecule has 5 heavy (non-hydrogen) atoms. The molecule has 0 atom stereocenters. The number of hydrogen-bond donors (Lipinski definition) is 1. The Morgan fingerprint density at radius 3 is 1.40 bits per heavy atom. The summed E-state index contributed by atoms with van der Waals surface area (Å²) >= 11 is 3.97. The minimum absolute atomic E-state index is 0. The molecule has 0 aromatic carbocycles. The van der Waals surface area contributed by atoms with Crippen LogP contribution in [0.3, 0.4) is 0 Å². The second-order valence-corrected chi connectivity index (χ2v) is 2.13. The molecule has 0 amide bonds. The maximum atomic E-state index is 3.97. The van der Waals surface area contributed by atoms with Crippen molar-refractivity contribution in [3.8, 4) is 0 Å².